The van der Waals surface area contributed by atoms with Crippen LogP contribution in [0.2, 0.25) is 0 Å². The number of rotatable bonds is 6. The Kier molecular flexibility index (Phi) is 7.09. The van der Waals surface area contributed by atoms with Crippen molar-refractivity contribution in [2.45, 2.75) is 32.4 Å². The number of aromatic nitrogens is 3. The summed E-state index contributed by atoms with van der Waals surface area (Å²) in [6.07, 6.45) is 7.11. The van der Waals surface area contributed by atoms with Gasteiger partial charge >= 0.3 is 0 Å². The van der Waals surface area contributed by atoms with Crippen LogP contribution in [0.3, 0.4) is 0 Å². The van der Waals surface area contributed by atoms with Gasteiger partial charge in [0.15, 0.2) is 5.82 Å². The molecule has 3 heterocycles. The lowest BCUT2D eigenvalue weighted by Crippen LogP contribution is -2.44. The van der Waals surface area contributed by atoms with E-state index in [4.69, 9.17) is 0 Å². The van der Waals surface area contributed by atoms with Crippen LogP contribution in [-0.4, -0.2) is 44.9 Å². The van der Waals surface area contributed by atoms with Gasteiger partial charge in [0, 0.05) is 61.0 Å². The summed E-state index contributed by atoms with van der Waals surface area (Å²) in [7, 11) is 0. The van der Waals surface area contributed by atoms with E-state index in [1.807, 2.05) is 30.6 Å². The van der Waals surface area contributed by atoms with Crippen molar-refractivity contribution >= 4 is 5.91 Å². The number of hydrogen-bond donors (Lipinski definition) is 1. The number of halogens is 1. The molecule has 182 valence electrons. The molecule has 36 heavy (non-hydrogen) atoms. The number of likely N-dealkylation sites (tertiary alicyclic amines) is 1. The van der Waals surface area contributed by atoms with Gasteiger partial charge in [-0.1, -0.05) is 36.4 Å². The average Bonchev–Trinajstić information content (AvgIpc) is 2.91. The van der Waals surface area contributed by atoms with E-state index in [1.54, 1.807) is 30.5 Å². The van der Waals surface area contributed by atoms with E-state index in [0.29, 0.717) is 16.8 Å². The van der Waals surface area contributed by atoms with Gasteiger partial charge in [-0.05, 0) is 49.6 Å². The van der Waals surface area contributed by atoms with Gasteiger partial charge in [-0.3, -0.25) is 14.7 Å². The highest BCUT2D eigenvalue weighted by Crippen LogP contribution is 2.21. The Bertz CT molecular complexity index is 1330. The van der Waals surface area contributed by atoms with Crippen LogP contribution in [0.5, 0.6) is 0 Å². The van der Waals surface area contributed by atoms with E-state index in [0.717, 1.165) is 55.0 Å². The number of nitrogens with one attached hydrogen (secondary N) is 1. The number of hydrogen-bond acceptors (Lipinski definition) is 5. The van der Waals surface area contributed by atoms with Crippen molar-refractivity contribution in [3.63, 3.8) is 0 Å². The summed E-state index contributed by atoms with van der Waals surface area (Å²) in [5, 5.41) is 3.13. The molecule has 1 N–H and O–H groups in total. The van der Waals surface area contributed by atoms with Gasteiger partial charge in [-0.15, -0.1) is 0 Å². The molecular formula is C29H28FN5O. The minimum absolute atomic E-state index is 0.122. The highest BCUT2D eigenvalue weighted by Gasteiger charge is 2.21. The second-order valence-electron chi connectivity index (χ2n) is 9.20. The van der Waals surface area contributed by atoms with Gasteiger partial charge in [0.1, 0.15) is 5.82 Å². The van der Waals surface area contributed by atoms with Gasteiger partial charge in [-0.2, -0.15) is 0 Å². The Hall–Kier alpha value is -3.97. The normalized spacial score (nSPS) is 14.5. The molecule has 0 bridgehead atoms. The number of aryl methyl sites for hydroxylation is 1. The number of nitrogens with zero attached hydrogens (tertiary/aromatic N) is 4. The van der Waals surface area contributed by atoms with Crippen molar-refractivity contribution in [3.05, 3.63) is 102 Å². The predicted molar refractivity (Wildman–Crippen MR) is 138 cm³/mol. The summed E-state index contributed by atoms with van der Waals surface area (Å²) in [5.41, 5.74) is 5.12. The van der Waals surface area contributed by atoms with E-state index in [-0.39, 0.29) is 17.8 Å². The Labute approximate surface area is 210 Å². The second kappa shape index (κ2) is 10.7. The Balaban J connectivity index is 1.11. The maximum atomic E-state index is 13.5. The molecule has 7 heteroatoms. The van der Waals surface area contributed by atoms with Crippen molar-refractivity contribution in [1.82, 2.24) is 25.2 Å². The van der Waals surface area contributed by atoms with E-state index in [2.05, 4.69) is 38.2 Å². The van der Waals surface area contributed by atoms with E-state index < -0.39 is 0 Å². The fourth-order valence-electron chi connectivity index (χ4n) is 4.51. The van der Waals surface area contributed by atoms with E-state index in [1.165, 1.54) is 12.1 Å². The van der Waals surface area contributed by atoms with Crippen molar-refractivity contribution in [3.8, 4) is 22.6 Å². The smallest absolute Gasteiger partial charge is 0.253 e. The van der Waals surface area contributed by atoms with Gasteiger partial charge in [0.05, 0.1) is 11.3 Å². The number of carbonyl (C=O) groups is 1. The fourth-order valence-corrected chi connectivity index (χ4v) is 4.51. The van der Waals surface area contributed by atoms with Crippen LogP contribution in [0.4, 0.5) is 4.39 Å². The number of benzene rings is 2. The highest BCUT2D eigenvalue weighted by atomic mass is 19.1. The molecule has 1 fully saturated rings. The molecule has 1 amide bonds. The third kappa shape index (κ3) is 5.63. The van der Waals surface area contributed by atoms with Gasteiger partial charge < -0.3 is 5.32 Å². The second-order valence-corrected chi connectivity index (χ2v) is 9.20. The molecule has 0 spiro atoms. The molecule has 0 radical (unpaired) electrons. The molecule has 5 rings (SSSR count). The van der Waals surface area contributed by atoms with Gasteiger partial charge in [-0.25, -0.2) is 14.4 Å². The lowest BCUT2D eigenvalue weighted by molar-refractivity contribution is 0.0908. The Morgan fingerprint density at radius 1 is 0.972 bits per heavy atom. The maximum absolute atomic E-state index is 13.5. The van der Waals surface area contributed by atoms with Crippen LogP contribution in [0.1, 0.15) is 34.3 Å². The molecule has 2 aromatic carbocycles. The molecule has 0 unspecified atom stereocenters. The first-order chi connectivity index (χ1) is 17.5. The minimum Gasteiger partial charge on any atom is -0.349 e. The number of carbonyl (C=O) groups excluding carboxylic acids is 1. The fraction of sp³-hybridized carbons (Fsp3) is 0.241. The lowest BCUT2D eigenvalue weighted by atomic mass is 10.0. The maximum Gasteiger partial charge on any atom is 0.253 e. The summed E-state index contributed by atoms with van der Waals surface area (Å²) in [6, 6.07) is 18.0. The van der Waals surface area contributed by atoms with E-state index >= 15 is 0 Å². The van der Waals surface area contributed by atoms with Crippen molar-refractivity contribution < 1.29 is 9.18 Å². The molecule has 1 aliphatic rings. The summed E-state index contributed by atoms with van der Waals surface area (Å²) >= 11 is 0. The van der Waals surface area contributed by atoms with Gasteiger partial charge in [0.25, 0.3) is 5.91 Å². The zero-order valence-corrected chi connectivity index (χ0v) is 20.2. The van der Waals surface area contributed by atoms with Crippen LogP contribution >= 0.6 is 0 Å². The largest absolute Gasteiger partial charge is 0.349 e. The number of pyridine rings is 1. The zero-order valence-electron chi connectivity index (χ0n) is 20.2. The molecule has 2 aromatic heterocycles. The minimum atomic E-state index is -0.311. The van der Waals surface area contributed by atoms with Crippen molar-refractivity contribution in [1.29, 1.82) is 0 Å². The van der Waals surface area contributed by atoms with Crippen LogP contribution in [-0.2, 0) is 6.54 Å². The molecule has 1 saturated heterocycles. The third-order valence-electron chi connectivity index (χ3n) is 6.57. The first-order valence-electron chi connectivity index (χ1n) is 12.2. The summed E-state index contributed by atoms with van der Waals surface area (Å²) in [5.74, 6) is 0.304. The van der Waals surface area contributed by atoms with Crippen LogP contribution < -0.4 is 5.32 Å². The highest BCUT2D eigenvalue weighted by molar-refractivity contribution is 5.94. The number of amides is 1. The molecule has 0 atom stereocenters. The average molecular weight is 482 g/mol. The summed E-state index contributed by atoms with van der Waals surface area (Å²) in [4.78, 5) is 28.6. The predicted octanol–water partition coefficient (Wildman–Crippen LogP) is 5.05. The number of piperidine rings is 1. The monoisotopic (exact) mass is 481 g/mol. The molecular weight excluding hydrogens is 453 g/mol. The van der Waals surface area contributed by atoms with Crippen LogP contribution in [0, 0.1) is 12.7 Å². The first kappa shape index (κ1) is 23.8. The standard InChI is InChI=1S/C29H28FN5O/c1-20-5-2-3-8-26(20)28-32-16-21(17-33-28)19-35-13-11-25(12-14-35)34-29(36)23-9-10-27(31-18-23)22-6-4-7-24(30)15-22/h2-10,15-18,25H,11-14,19H2,1H3,(H,34,36). The molecule has 6 nitrogen and oxygen atoms in total. The van der Waals surface area contributed by atoms with Crippen LogP contribution in [0.15, 0.2) is 79.3 Å². The Morgan fingerprint density at radius 2 is 1.75 bits per heavy atom. The first-order valence-corrected chi connectivity index (χ1v) is 12.2. The van der Waals surface area contributed by atoms with Crippen LogP contribution in [0.25, 0.3) is 22.6 Å². The van der Waals surface area contributed by atoms with Crippen molar-refractivity contribution in [2.75, 3.05) is 13.1 Å². The topological polar surface area (TPSA) is 71.0 Å². The molecule has 4 aromatic rings. The quantitative estimate of drug-likeness (QED) is 0.417. The third-order valence-corrected chi connectivity index (χ3v) is 6.57. The summed E-state index contributed by atoms with van der Waals surface area (Å²) < 4.78 is 13.5. The van der Waals surface area contributed by atoms with Gasteiger partial charge in [0.2, 0.25) is 0 Å². The summed E-state index contributed by atoms with van der Waals surface area (Å²) in [6.45, 7) is 4.64. The molecule has 1 aliphatic heterocycles. The zero-order chi connectivity index (χ0) is 24.9. The molecule has 0 saturated carbocycles. The Morgan fingerprint density at radius 3 is 2.44 bits per heavy atom. The van der Waals surface area contributed by atoms with Crippen molar-refractivity contribution in [2.24, 2.45) is 0 Å². The lowest BCUT2D eigenvalue weighted by Gasteiger charge is -2.32. The molecule has 0 aliphatic carbocycles. The SMILES string of the molecule is Cc1ccccc1-c1ncc(CN2CCC(NC(=O)c3ccc(-c4cccc(F)c4)nc3)CC2)cn1. The van der Waals surface area contributed by atoms with E-state index in [9.17, 15) is 9.18 Å².